The van der Waals surface area contributed by atoms with Crippen LogP contribution < -0.4 is 5.73 Å². The highest BCUT2D eigenvalue weighted by Gasteiger charge is 2.24. The molecule has 0 fully saturated rings. The van der Waals surface area contributed by atoms with Gasteiger partial charge in [0.1, 0.15) is 6.10 Å². The number of ether oxygens (including phenoxy) is 2. The van der Waals surface area contributed by atoms with Crippen molar-refractivity contribution >= 4 is 13.8 Å². The summed E-state index contributed by atoms with van der Waals surface area (Å²) in [6.45, 7) is 4.43. The number of allylic oxidation sites excluding steroid dienone is 2. The highest BCUT2D eigenvalue weighted by atomic mass is 31.2. The Labute approximate surface area is 188 Å². The van der Waals surface area contributed by atoms with Crippen molar-refractivity contribution in [2.75, 3.05) is 33.0 Å². The highest BCUT2D eigenvalue weighted by molar-refractivity contribution is 7.47. The molecule has 3 N–H and O–H groups in total. The lowest BCUT2D eigenvalue weighted by Gasteiger charge is -2.19. The Balaban J connectivity index is 3.98. The van der Waals surface area contributed by atoms with Crippen LogP contribution in [-0.4, -0.2) is 49.9 Å². The predicted molar refractivity (Wildman–Crippen MR) is 123 cm³/mol. The minimum absolute atomic E-state index is 0.0971. The van der Waals surface area contributed by atoms with Gasteiger partial charge in [-0.3, -0.25) is 13.8 Å². The number of rotatable bonds is 22. The molecule has 31 heavy (non-hydrogen) atoms. The van der Waals surface area contributed by atoms with Crippen molar-refractivity contribution < 1.29 is 32.8 Å². The molecular formula is C22H44NO7P. The van der Waals surface area contributed by atoms with Crippen LogP contribution in [0.2, 0.25) is 0 Å². The van der Waals surface area contributed by atoms with E-state index in [1.165, 1.54) is 44.9 Å². The lowest BCUT2D eigenvalue weighted by Crippen LogP contribution is -2.28. The highest BCUT2D eigenvalue weighted by Crippen LogP contribution is 2.43. The van der Waals surface area contributed by atoms with E-state index in [1.54, 1.807) is 0 Å². The topological polar surface area (TPSA) is 117 Å². The SMILES string of the molecule is CCC/C=C\CCCCCCCCOCC(COP(=O)(O)OCCN)OC(=O)CCC. The maximum Gasteiger partial charge on any atom is 0.472 e. The number of nitrogens with two attached hydrogens (primary N) is 1. The second-order valence-electron chi connectivity index (χ2n) is 7.49. The van der Waals surface area contributed by atoms with Crippen LogP contribution in [0.25, 0.3) is 0 Å². The maximum atomic E-state index is 11.8. The molecule has 0 radical (unpaired) electrons. The second-order valence-corrected chi connectivity index (χ2v) is 8.95. The molecule has 0 rings (SSSR count). The fraction of sp³-hybridized carbons (Fsp3) is 0.864. The first-order valence-electron chi connectivity index (χ1n) is 11.7. The summed E-state index contributed by atoms with van der Waals surface area (Å²) in [7, 11) is -4.22. The van der Waals surface area contributed by atoms with E-state index in [1.807, 2.05) is 6.92 Å². The lowest BCUT2D eigenvalue weighted by molar-refractivity contribution is -0.154. The van der Waals surface area contributed by atoms with Crippen molar-refractivity contribution in [3.05, 3.63) is 12.2 Å². The van der Waals surface area contributed by atoms with Gasteiger partial charge in [0, 0.05) is 19.6 Å². The molecule has 0 aromatic rings. The average Bonchev–Trinajstić information content (AvgIpc) is 2.74. The van der Waals surface area contributed by atoms with Crippen LogP contribution in [0.15, 0.2) is 12.2 Å². The van der Waals surface area contributed by atoms with Gasteiger partial charge in [-0.05, 0) is 32.1 Å². The van der Waals surface area contributed by atoms with Crippen LogP contribution in [-0.2, 0) is 27.9 Å². The number of carbonyl (C=O) groups excluding carboxylic acids is 1. The van der Waals surface area contributed by atoms with Gasteiger partial charge in [-0.25, -0.2) is 4.57 Å². The fourth-order valence-electron chi connectivity index (χ4n) is 2.74. The van der Waals surface area contributed by atoms with Crippen molar-refractivity contribution in [2.45, 2.75) is 90.6 Å². The molecule has 0 aliphatic rings. The summed E-state index contributed by atoms with van der Waals surface area (Å²) in [5, 5.41) is 0. The summed E-state index contributed by atoms with van der Waals surface area (Å²) in [6, 6.07) is 0. The van der Waals surface area contributed by atoms with Gasteiger partial charge >= 0.3 is 13.8 Å². The van der Waals surface area contributed by atoms with Gasteiger partial charge in [-0.1, -0.05) is 58.1 Å². The Hall–Kier alpha value is -0.760. The van der Waals surface area contributed by atoms with Crippen LogP contribution in [0.5, 0.6) is 0 Å². The summed E-state index contributed by atoms with van der Waals surface area (Å²) in [5.41, 5.74) is 5.25. The number of hydrogen-bond donors (Lipinski definition) is 2. The summed E-state index contributed by atoms with van der Waals surface area (Å²) in [5.74, 6) is -0.389. The molecule has 0 amide bonds. The largest absolute Gasteiger partial charge is 0.472 e. The summed E-state index contributed by atoms with van der Waals surface area (Å²) in [6.07, 6.45) is 15.1. The molecule has 8 nitrogen and oxygen atoms in total. The molecule has 0 aliphatic heterocycles. The first-order valence-corrected chi connectivity index (χ1v) is 13.2. The number of hydrogen-bond acceptors (Lipinski definition) is 7. The number of phosphoric acid groups is 1. The van der Waals surface area contributed by atoms with E-state index in [9.17, 15) is 14.3 Å². The van der Waals surface area contributed by atoms with Gasteiger partial charge in [-0.2, -0.15) is 0 Å². The third-order valence-electron chi connectivity index (χ3n) is 4.38. The number of phosphoric ester groups is 1. The fourth-order valence-corrected chi connectivity index (χ4v) is 3.50. The zero-order chi connectivity index (χ0) is 23.2. The molecule has 2 unspecified atom stereocenters. The van der Waals surface area contributed by atoms with Crippen molar-refractivity contribution in [1.82, 2.24) is 0 Å². The second kappa shape index (κ2) is 21.1. The predicted octanol–water partition coefficient (Wildman–Crippen LogP) is 4.89. The van der Waals surface area contributed by atoms with Crippen LogP contribution in [0.1, 0.15) is 84.5 Å². The third-order valence-corrected chi connectivity index (χ3v) is 5.37. The minimum atomic E-state index is -4.22. The first-order chi connectivity index (χ1) is 14.9. The monoisotopic (exact) mass is 465 g/mol. The Bertz CT molecular complexity index is 502. The summed E-state index contributed by atoms with van der Waals surface area (Å²) >= 11 is 0. The number of unbranched alkanes of at least 4 members (excludes halogenated alkanes) is 7. The van der Waals surface area contributed by atoms with Crippen LogP contribution in [0, 0.1) is 0 Å². The van der Waals surface area contributed by atoms with Gasteiger partial charge in [-0.15, -0.1) is 0 Å². The quantitative estimate of drug-likeness (QED) is 0.100. The van der Waals surface area contributed by atoms with E-state index in [-0.39, 0.29) is 38.8 Å². The molecule has 0 saturated heterocycles. The van der Waals surface area contributed by atoms with E-state index < -0.39 is 13.9 Å². The smallest absolute Gasteiger partial charge is 0.457 e. The number of carbonyl (C=O) groups is 1. The van der Waals surface area contributed by atoms with Crippen molar-refractivity contribution in [3.8, 4) is 0 Å². The van der Waals surface area contributed by atoms with E-state index >= 15 is 0 Å². The molecule has 0 aromatic carbocycles. The van der Waals surface area contributed by atoms with Gasteiger partial charge in [0.2, 0.25) is 0 Å². The van der Waals surface area contributed by atoms with Gasteiger partial charge in [0.15, 0.2) is 0 Å². The standard InChI is InChI=1S/C22H44NO7P/c1-3-5-6-7-8-9-10-11-12-13-14-17-27-19-21(30-22(24)15-4-2)20-29-31(25,26)28-18-16-23/h6-7,21H,3-5,8-20,23H2,1-2H3,(H,25,26)/b7-6-. The Morgan fingerprint density at radius 1 is 0.935 bits per heavy atom. The van der Waals surface area contributed by atoms with Crippen molar-refractivity contribution in [3.63, 3.8) is 0 Å². The minimum Gasteiger partial charge on any atom is -0.457 e. The lowest BCUT2D eigenvalue weighted by atomic mass is 10.1. The average molecular weight is 466 g/mol. The van der Waals surface area contributed by atoms with Crippen LogP contribution in [0.4, 0.5) is 0 Å². The normalized spacial score (nSPS) is 14.6. The van der Waals surface area contributed by atoms with Gasteiger partial charge < -0.3 is 20.1 Å². The molecule has 0 bridgehead atoms. The summed E-state index contributed by atoms with van der Waals surface area (Å²) in [4.78, 5) is 21.4. The molecule has 0 aliphatic carbocycles. The summed E-state index contributed by atoms with van der Waals surface area (Å²) < 4.78 is 32.2. The molecule has 9 heteroatoms. The molecule has 0 aromatic heterocycles. The molecule has 184 valence electrons. The van der Waals surface area contributed by atoms with Crippen LogP contribution in [0.3, 0.4) is 0 Å². The van der Waals surface area contributed by atoms with Crippen LogP contribution >= 0.6 is 7.82 Å². The molecule has 0 heterocycles. The van der Waals surface area contributed by atoms with E-state index in [0.717, 1.165) is 12.8 Å². The van der Waals surface area contributed by atoms with Crippen molar-refractivity contribution in [2.24, 2.45) is 5.73 Å². The first kappa shape index (κ1) is 30.2. The van der Waals surface area contributed by atoms with E-state index in [4.69, 9.17) is 19.7 Å². The van der Waals surface area contributed by atoms with E-state index in [2.05, 4.69) is 23.6 Å². The number of esters is 1. The molecular weight excluding hydrogens is 421 g/mol. The van der Waals surface area contributed by atoms with Gasteiger partial charge in [0.25, 0.3) is 0 Å². The third kappa shape index (κ3) is 20.9. The van der Waals surface area contributed by atoms with Gasteiger partial charge in [0.05, 0.1) is 19.8 Å². The zero-order valence-electron chi connectivity index (χ0n) is 19.5. The van der Waals surface area contributed by atoms with E-state index in [0.29, 0.717) is 13.0 Å². The molecule has 0 saturated carbocycles. The zero-order valence-corrected chi connectivity index (χ0v) is 20.4. The maximum absolute atomic E-state index is 11.8. The Morgan fingerprint density at radius 2 is 1.61 bits per heavy atom. The molecule has 0 spiro atoms. The molecule has 2 atom stereocenters. The van der Waals surface area contributed by atoms with Crippen molar-refractivity contribution in [1.29, 1.82) is 0 Å². The Kier molecular flexibility index (Phi) is 20.6. The Morgan fingerprint density at radius 3 is 2.29 bits per heavy atom.